The van der Waals surface area contributed by atoms with Gasteiger partial charge in [-0.05, 0) is 60.5 Å². The molecule has 203 valence electrons. The molecule has 0 atom stereocenters. The van der Waals surface area contributed by atoms with E-state index in [1.807, 2.05) is 79.9 Å². The van der Waals surface area contributed by atoms with Gasteiger partial charge in [0.1, 0.15) is 0 Å². The number of aromatic nitrogens is 3. The molecule has 0 unspecified atom stereocenters. The van der Waals surface area contributed by atoms with Crippen LogP contribution in [0.5, 0.6) is 0 Å². The predicted octanol–water partition coefficient (Wildman–Crippen LogP) is 8.48. The van der Waals surface area contributed by atoms with Crippen LogP contribution in [0.3, 0.4) is 0 Å². The van der Waals surface area contributed by atoms with Gasteiger partial charge in [0.2, 0.25) is 5.71 Å². The normalized spacial score (nSPS) is 10.6. The monoisotopic (exact) mass is 710 g/mol. The van der Waals surface area contributed by atoms with Crippen LogP contribution in [0.15, 0.2) is 126 Å². The topological polar surface area (TPSA) is 51.8 Å². The van der Waals surface area contributed by atoms with Crippen molar-refractivity contribution >= 4 is 22.1 Å². The summed E-state index contributed by atoms with van der Waals surface area (Å²) in [5.74, 6) is 0. The summed E-state index contributed by atoms with van der Waals surface area (Å²) < 4.78 is 6.18. The van der Waals surface area contributed by atoms with E-state index in [2.05, 4.69) is 64.6 Å². The molecule has 0 saturated carbocycles. The van der Waals surface area contributed by atoms with Crippen molar-refractivity contribution in [3.05, 3.63) is 151 Å². The van der Waals surface area contributed by atoms with Gasteiger partial charge in [-0.25, -0.2) is 4.98 Å². The second-order valence-electron chi connectivity index (χ2n) is 9.55. The van der Waals surface area contributed by atoms with Crippen molar-refractivity contribution in [3.63, 3.8) is 0 Å². The van der Waals surface area contributed by atoms with Gasteiger partial charge in [0, 0.05) is 43.6 Å². The minimum atomic E-state index is 0. The average molecular weight is 710 g/mol. The Labute approximate surface area is 253 Å². The molecule has 0 N–H and O–H groups in total. The first-order valence-electron chi connectivity index (χ1n) is 13.3. The SMILES string of the molecule is Cc1ccc(-c2[c-]ccc3c2oc2nc(CCc4ccccc4)ccc23)nc1.[Ir].[c-]1ccccc1-c1ccccn1. The zero-order valence-electron chi connectivity index (χ0n) is 22.5. The van der Waals surface area contributed by atoms with Gasteiger partial charge in [-0.2, -0.15) is 0 Å². The molecule has 4 aromatic heterocycles. The van der Waals surface area contributed by atoms with Gasteiger partial charge in [0.05, 0.1) is 5.58 Å². The Kier molecular flexibility index (Phi) is 9.10. The summed E-state index contributed by atoms with van der Waals surface area (Å²) in [7, 11) is 0. The van der Waals surface area contributed by atoms with E-state index >= 15 is 0 Å². The number of nitrogens with zero attached hydrogens (tertiary/aromatic N) is 3. The van der Waals surface area contributed by atoms with Crippen LogP contribution in [0.1, 0.15) is 16.8 Å². The Morgan fingerprint density at radius 1 is 0.683 bits per heavy atom. The minimum Gasteiger partial charge on any atom is -0.486 e. The molecule has 0 saturated heterocycles. The molecule has 0 aliphatic heterocycles. The Morgan fingerprint density at radius 3 is 2.29 bits per heavy atom. The summed E-state index contributed by atoms with van der Waals surface area (Å²) in [5, 5.41) is 2.08. The Balaban J connectivity index is 0.000000218. The number of furan rings is 1. The number of fused-ring (bicyclic) bond motifs is 3. The maximum absolute atomic E-state index is 6.18. The summed E-state index contributed by atoms with van der Waals surface area (Å²) in [4.78, 5) is 13.5. The number of benzene rings is 3. The fraction of sp³-hybridized carbons (Fsp3) is 0.0833. The van der Waals surface area contributed by atoms with Crippen LogP contribution in [0.2, 0.25) is 0 Å². The largest absolute Gasteiger partial charge is 0.486 e. The fourth-order valence-corrected chi connectivity index (χ4v) is 4.60. The number of rotatable bonds is 5. The van der Waals surface area contributed by atoms with Crippen molar-refractivity contribution in [2.24, 2.45) is 0 Å². The minimum absolute atomic E-state index is 0. The Hall–Kier alpha value is -4.44. The molecule has 3 aromatic carbocycles. The van der Waals surface area contributed by atoms with Crippen LogP contribution in [-0.2, 0) is 32.9 Å². The van der Waals surface area contributed by atoms with Crippen molar-refractivity contribution in [2.75, 3.05) is 0 Å². The molecule has 41 heavy (non-hydrogen) atoms. The third-order valence-electron chi connectivity index (χ3n) is 6.69. The molecule has 0 bridgehead atoms. The number of aryl methyl sites for hydroxylation is 3. The molecule has 0 spiro atoms. The molecule has 1 radical (unpaired) electrons. The van der Waals surface area contributed by atoms with Crippen LogP contribution in [0.25, 0.3) is 44.6 Å². The van der Waals surface area contributed by atoms with Crippen molar-refractivity contribution in [2.45, 2.75) is 19.8 Å². The van der Waals surface area contributed by atoms with E-state index in [4.69, 9.17) is 9.40 Å². The van der Waals surface area contributed by atoms with Crippen LogP contribution in [-0.4, -0.2) is 15.0 Å². The zero-order valence-corrected chi connectivity index (χ0v) is 24.9. The Morgan fingerprint density at radius 2 is 1.54 bits per heavy atom. The molecule has 4 heterocycles. The van der Waals surface area contributed by atoms with E-state index in [1.54, 1.807) is 6.20 Å². The number of hydrogen-bond acceptors (Lipinski definition) is 4. The van der Waals surface area contributed by atoms with E-state index in [0.29, 0.717) is 5.71 Å². The molecule has 4 nitrogen and oxygen atoms in total. The fourth-order valence-electron chi connectivity index (χ4n) is 4.60. The predicted molar refractivity (Wildman–Crippen MR) is 161 cm³/mol. The van der Waals surface area contributed by atoms with Gasteiger partial charge in [0.15, 0.2) is 0 Å². The smallest absolute Gasteiger partial charge is 0.216 e. The second kappa shape index (κ2) is 13.3. The van der Waals surface area contributed by atoms with Gasteiger partial charge in [-0.1, -0.05) is 65.5 Å². The molecule has 7 aromatic rings. The Bertz CT molecular complexity index is 1800. The molecule has 0 fully saturated rings. The van der Waals surface area contributed by atoms with Crippen LogP contribution < -0.4 is 0 Å². The van der Waals surface area contributed by atoms with Crippen LogP contribution in [0.4, 0.5) is 0 Å². The molecule has 0 aliphatic carbocycles. The summed E-state index contributed by atoms with van der Waals surface area (Å²) in [6, 6.07) is 42.8. The van der Waals surface area contributed by atoms with Crippen LogP contribution >= 0.6 is 0 Å². The van der Waals surface area contributed by atoms with Crippen molar-refractivity contribution < 1.29 is 24.5 Å². The van der Waals surface area contributed by atoms with E-state index in [-0.39, 0.29) is 20.1 Å². The van der Waals surface area contributed by atoms with Gasteiger partial charge in [-0.3, -0.25) is 0 Å². The van der Waals surface area contributed by atoms with Gasteiger partial charge in [0.25, 0.3) is 0 Å². The molecule has 7 rings (SSSR count). The van der Waals surface area contributed by atoms with Crippen LogP contribution in [0, 0.1) is 19.1 Å². The van der Waals surface area contributed by atoms with E-state index in [1.165, 1.54) is 5.56 Å². The quantitative estimate of drug-likeness (QED) is 0.168. The van der Waals surface area contributed by atoms with Gasteiger partial charge < -0.3 is 14.4 Å². The van der Waals surface area contributed by atoms with Gasteiger partial charge in [-0.15, -0.1) is 54.1 Å². The van der Waals surface area contributed by atoms with E-state index < -0.39 is 0 Å². The van der Waals surface area contributed by atoms with E-state index in [0.717, 1.165) is 63.0 Å². The standard InChI is InChI=1S/C25H19N2O.C11H8N.Ir/c1-17-10-15-23(26-16-17)22-9-5-8-20-21-14-13-19(27-25(21)28-24(20)22)12-11-18-6-3-2-4-7-18;1-2-6-10(7-3-1)11-8-4-5-9-12-11;/h2-8,10,13-16H,11-12H2,1H3;1-6,8-9H;/q2*-1;. The first-order valence-corrected chi connectivity index (χ1v) is 13.3. The molecular formula is C36H27IrN3O-2. The first kappa shape index (κ1) is 28.1. The third-order valence-corrected chi connectivity index (χ3v) is 6.69. The molecule has 0 aliphatic rings. The average Bonchev–Trinajstić information content (AvgIpc) is 3.40. The third kappa shape index (κ3) is 6.66. The summed E-state index contributed by atoms with van der Waals surface area (Å²) in [6.07, 6.45) is 5.50. The summed E-state index contributed by atoms with van der Waals surface area (Å²) in [6.45, 7) is 2.03. The maximum Gasteiger partial charge on any atom is 0.216 e. The number of hydrogen-bond donors (Lipinski definition) is 0. The second-order valence-corrected chi connectivity index (χ2v) is 9.55. The summed E-state index contributed by atoms with van der Waals surface area (Å²) >= 11 is 0. The molecular weight excluding hydrogens is 683 g/mol. The number of pyridine rings is 3. The zero-order chi connectivity index (χ0) is 27.1. The van der Waals surface area contributed by atoms with Crippen molar-refractivity contribution in [1.29, 1.82) is 0 Å². The summed E-state index contributed by atoms with van der Waals surface area (Å²) in [5.41, 5.74) is 8.70. The van der Waals surface area contributed by atoms with Gasteiger partial charge >= 0.3 is 0 Å². The first-order chi connectivity index (χ1) is 19.7. The van der Waals surface area contributed by atoms with E-state index in [9.17, 15) is 0 Å². The molecule has 0 amide bonds. The van der Waals surface area contributed by atoms with Crippen molar-refractivity contribution in [1.82, 2.24) is 15.0 Å². The maximum atomic E-state index is 6.18. The molecule has 5 heteroatoms. The van der Waals surface area contributed by atoms with Crippen molar-refractivity contribution in [3.8, 4) is 22.5 Å².